The molecular weight excluding hydrogens is 266 g/mol. The molecule has 5 nitrogen and oxygen atoms in total. The minimum absolute atomic E-state index is 0.157. The molecule has 2 rings (SSSR count). The molecule has 0 bridgehead atoms. The molecule has 0 saturated heterocycles. The molecule has 0 radical (unpaired) electrons. The Morgan fingerprint density at radius 1 is 1.29 bits per heavy atom. The van der Waals surface area contributed by atoms with Gasteiger partial charge in [-0.2, -0.15) is 0 Å². The highest BCUT2D eigenvalue weighted by atomic mass is 16.6. The van der Waals surface area contributed by atoms with Gasteiger partial charge in [-0.05, 0) is 25.0 Å². The van der Waals surface area contributed by atoms with E-state index < -0.39 is 0 Å². The first kappa shape index (κ1) is 15.3. The monoisotopic (exact) mass is 287 g/mol. The number of nitro groups is 1. The van der Waals surface area contributed by atoms with Crippen molar-refractivity contribution in [1.29, 1.82) is 0 Å². The molecule has 2 aromatic rings. The Kier molecular flexibility index (Phi) is 5.11. The van der Waals surface area contributed by atoms with Crippen LogP contribution in [0.3, 0.4) is 0 Å². The van der Waals surface area contributed by atoms with Gasteiger partial charge in [-0.15, -0.1) is 0 Å². The van der Waals surface area contributed by atoms with Crippen LogP contribution in [0, 0.1) is 10.1 Å². The van der Waals surface area contributed by atoms with Crippen molar-refractivity contribution in [2.75, 3.05) is 0 Å². The summed E-state index contributed by atoms with van der Waals surface area (Å²) in [7, 11) is 0. The molecule has 0 saturated carbocycles. The zero-order chi connectivity index (χ0) is 15.2. The third kappa shape index (κ3) is 3.92. The SMILES string of the molecule is CCC(N)Cc1cccn1CCc1ccccc1[N+](=O)[O-]. The van der Waals surface area contributed by atoms with Crippen molar-refractivity contribution < 1.29 is 4.92 Å². The Morgan fingerprint density at radius 2 is 2.05 bits per heavy atom. The van der Waals surface area contributed by atoms with E-state index in [0.29, 0.717) is 6.42 Å². The van der Waals surface area contributed by atoms with Gasteiger partial charge in [-0.3, -0.25) is 10.1 Å². The van der Waals surface area contributed by atoms with Gasteiger partial charge in [0.2, 0.25) is 0 Å². The van der Waals surface area contributed by atoms with E-state index >= 15 is 0 Å². The number of nitro benzene ring substituents is 1. The number of hydrogen-bond acceptors (Lipinski definition) is 3. The minimum atomic E-state index is -0.321. The maximum absolute atomic E-state index is 11.0. The number of aryl methyl sites for hydroxylation is 2. The Bertz CT molecular complexity index is 607. The Hall–Kier alpha value is -2.14. The van der Waals surface area contributed by atoms with Gasteiger partial charge < -0.3 is 10.3 Å². The highest BCUT2D eigenvalue weighted by Gasteiger charge is 2.13. The summed E-state index contributed by atoms with van der Waals surface area (Å²) >= 11 is 0. The normalized spacial score (nSPS) is 12.3. The lowest BCUT2D eigenvalue weighted by Gasteiger charge is -2.13. The second-order valence-corrected chi connectivity index (χ2v) is 5.20. The van der Waals surface area contributed by atoms with Gasteiger partial charge >= 0.3 is 0 Å². The van der Waals surface area contributed by atoms with E-state index in [1.807, 2.05) is 24.4 Å². The summed E-state index contributed by atoms with van der Waals surface area (Å²) in [6, 6.07) is 11.1. The molecule has 0 fully saturated rings. The molecule has 1 unspecified atom stereocenters. The van der Waals surface area contributed by atoms with Crippen molar-refractivity contribution in [2.24, 2.45) is 5.73 Å². The third-order valence-corrected chi connectivity index (χ3v) is 3.73. The summed E-state index contributed by atoms with van der Waals surface area (Å²) in [4.78, 5) is 10.7. The molecule has 0 spiro atoms. The Morgan fingerprint density at radius 3 is 2.76 bits per heavy atom. The molecule has 5 heteroatoms. The van der Waals surface area contributed by atoms with E-state index in [9.17, 15) is 10.1 Å². The average Bonchev–Trinajstić information content (AvgIpc) is 2.92. The lowest BCUT2D eigenvalue weighted by molar-refractivity contribution is -0.385. The molecule has 0 aliphatic carbocycles. The van der Waals surface area contributed by atoms with Crippen LogP contribution in [-0.2, 0) is 19.4 Å². The van der Waals surface area contributed by atoms with Crippen LogP contribution in [0.4, 0.5) is 5.69 Å². The topological polar surface area (TPSA) is 74.1 Å². The van der Waals surface area contributed by atoms with E-state index in [2.05, 4.69) is 17.6 Å². The summed E-state index contributed by atoms with van der Waals surface area (Å²) < 4.78 is 2.13. The van der Waals surface area contributed by atoms with Crippen LogP contribution in [0.2, 0.25) is 0 Å². The number of aromatic nitrogens is 1. The second-order valence-electron chi connectivity index (χ2n) is 5.20. The zero-order valence-corrected chi connectivity index (χ0v) is 12.2. The molecule has 21 heavy (non-hydrogen) atoms. The lowest BCUT2D eigenvalue weighted by Crippen LogP contribution is -2.23. The summed E-state index contributed by atoms with van der Waals surface area (Å²) in [5, 5.41) is 11.0. The minimum Gasteiger partial charge on any atom is -0.351 e. The van der Waals surface area contributed by atoms with Crippen molar-refractivity contribution in [2.45, 2.75) is 38.8 Å². The summed E-state index contributed by atoms with van der Waals surface area (Å²) in [6.07, 6.45) is 4.42. The fourth-order valence-corrected chi connectivity index (χ4v) is 2.41. The number of benzene rings is 1. The van der Waals surface area contributed by atoms with Crippen molar-refractivity contribution in [3.8, 4) is 0 Å². The van der Waals surface area contributed by atoms with Gasteiger partial charge in [-0.1, -0.05) is 25.1 Å². The van der Waals surface area contributed by atoms with Crippen molar-refractivity contribution in [3.05, 3.63) is 64.0 Å². The lowest BCUT2D eigenvalue weighted by atomic mass is 10.1. The number of nitrogens with zero attached hydrogens (tertiary/aromatic N) is 2. The Balaban J connectivity index is 2.07. The van der Waals surface area contributed by atoms with Crippen LogP contribution in [0.1, 0.15) is 24.6 Å². The summed E-state index contributed by atoms with van der Waals surface area (Å²) in [6.45, 7) is 2.80. The molecule has 1 aromatic heterocycles. The smallest absolute Gasteiger partial charge is 0.272 e. The molecule has 1 atom stereocenters. The van der Waals surface area contributed by atoms with Crippen LogP contribution in [0.15, 0.2) is 42.6 Å². The summed E-state index contributed by atoms with van der Waals surface area (Å²) in [5.41, 5.74) is 8.14. The van der Waals surface area contributed by atoms with Crippen LogP contribution in [-0.4, -0.2) is 15.5 Å². The molecule has 1 aromatic carbocycles. The molecule has 1 heterocycles. The van der Waals surface area contributed by atoms with Gasteiger partial charge in [0, 0.05) is 42.5 Å². The van der Waals surface area contributed by atoms with Gasteiger partial charge in [0.25, 0.3) is 5.69 Å². The van der Waals surface area contributed by atoms with Crippen LogP contribution in [0.25, 0.3) is 0 Å². The third-order valence-electron chi connectivity index (χ3n) is 3.73. The van der Waals surface area contributed by atoms with Crippen LogP contribution < -0.4 is 5.73 Å². The highest BCUT2D eigenvalue weighted by molar-refractivity contribution is 5.39. The quantitative estimate of drug-likeness (QED) is 0.628. The number of hydrogen-bond donors (Lipinski definition) is 1. The second kappa shape index (κ2) is 7.04. The van der Waals surface area contributed by atoms with Gasteiger partial charge in [-0.25, -0.2) is 0 Å². The molecule has 0 aliphatic rings. The van der Waals surface area contributed by atoms with Crippen LogP contribution in [0.5, 0.6) is 0 Å². The maximum atomic E-state index is 11.0. The first-order valence-electron chi connectivity index (χ1n) is 7.23. The van der Waals surface area contributed by atoms with Crippen molar-refractivity contribution in [1.82, 2.24) is 4.57 Å². The van der Waals surface area contributed by atoms with Gasteiger partial charge in [0.15, 0.2) is 0 Å². The van der Waals surface area contributed by atoms with E-state index in [-0.39, 0.29) is 16.7 Å². The number of para-hydroxylation sites is 1. The standard InChI is InChI=1S/C16H21N3O2/c1-2-14(17)12-15-7-5-10-18(15)11-9-13-6-3-4-8-16(13)19(20)21/h3-8,10,14H,2,9,11-12,17H2,1H3. The first-order chi connectivity index (χ1) is 10.1. The van der Waals surface area contributed by atoms with E-state index in [1.165, 1.54) is 5.69 Å². The predicted octanol–water partition coefficient (Wildman–Crippen LogP) is 2.92. The molecule has 112 valence electrons. The fraction of sp³-hybridized carbons (Fsp3) is 0.375. The average molecular weight is 287 g/mol. The Labute approximate surface area is 124 Å². The largest absolute Gasteiger partial charge is 0.351 e. The number of nitrogens with two attached hydrogens (primary N) is 1. The molecular formula is C16H21N3O2. The van der Waals surface area contributed by atoms with E-state index in [1.54, 1.807) is 12.1 Å². The van der Waals surface area contributed by atoms with E-state index in [0.717, 1.165) is 24.9 Å². The van der Waals surface area contributed by atoms with Gasteiger partial charge in [0.1, 0.15) is 0 Å². The summed E-state index contributed by atoms with van der Waals surface area (Å²) in [5.74, 6) is 0. The number of rotatable bonds is 7. The van der Waals surface area contributed by atoms with Gasteiger partial charge in [0.05, 0.1) is 4.92 Å². The van der Waals surface area contributed by atoms with Crippen molar-refractivity contribution >= 4 is 5.69 Å². The van der Waals surface area contributed by atoms with Crippen LogP contribution >= 0.6 is 0 Å². The highest BCUT2D eigenvalue weighted by Crippen LogP contribution is 2.19. The maximum Gasteiger partial charge on any atom is 0.272 e. The molecule has 2 N–H and O–H groups in total. The fourth-order valence-electron chi connectivity index (χ4n) is 2.41. The van der Waals surface area contributed by atoms with Crippen molar-refractivity contribution in [3.63, 3.8) is 0 Å². The zero-order valence-electron chi connectivity index (χ0n) is 12.2. The molecule has 0 amide bonds. The van der Waals surface area contributed by atoms with E-state index in [4.69, 9.17) is 5.73 Å². The molecule has 0 aliphatic heterocycles. The predicted molar refractivity (Wildman–Crippen MR) is 83.2 cm³/mol. The first-order valence-corrected chi connectivity index (χ1v) is 7.23.